The van der Waals surface area contributed by atoms with Gasteiger partial charge in [0.05, 0.1) is 12.6 Å². The fraction of sp³-hybridized carbons (Fsp3) is 0.400. The SMILES string of the molecule is Cl.O=C(CCn1cncn1)N1CCNCC1c1cccc(Cl)c1. The summed E-state index contributed by atoms with van der Waals surface area (Å²) in [6, 6.07) is 7.73. The molecule has 0 saturated carbocycles. The lowest BCUT2D eigenvalue weighted by Gasteiger charge is -2.36. The molecule has 8 heteroatoms. The maximum absolute atomic E-state index is 12.6. The molecule has 23 heavy (non-hydrogen) atoms. The second-order valence-corrected chi connectivity index (χ2v) is 5.71. The van der Waals surface area contributed by atoms with Crippen molar-refractivity contribution in [3.63, 3.8) is 0 Å². The number of amides is 1. The molecule has 1 unspecified atom stereocenters. The first-order valence-corrected chi connectivity index (χ1v) is 7.70. The molecule has 2 aromatic rings. The molecular formula is C15H19Cl2N5O. The highest BCUT2D eigenvalue weighted by atomic mass is 35.5. The van der Waals surface area contributed by atoms with Crippen LogP contribution in [0.25, 0.3) is 0 Å². The first kappa shape index (κ1) is 17.7. The maximum Gasteiger partial charge on any atom is 0.225 e. The fourth-order valence-electron chi connectivity index (χ4n) is 2.72. The van der Waals surface area contributed by atoms with Crippen LogP contribution in [-0.4, -0.2) is 45.2 Å². The van der Waals surface area contributed by atoms with E-state index in [2.05, 4.69) is 15.4 Å². The van der Waals surface area contributed by atoms with Crippen molar-refractivity contribution < 1.29 is 4.79 Å². The van der Waals surface area contributed by atoms with Gasteiger partial charge in [-0.15, -0.1) is 12.4 Å². The number of halogens is 2. The molecule has 1 saturated heterocycles. The number of nitrogens with zero attached hydrogens (tertiary/aromatic N) is 4. The number of piperazine rings is 1. The Morgan fingerprint density at radius 2 is 2.30 bits per heavy atom. The van der Waals surface area contributed by atoms with E-state index in [4.69, 9.17) is 11.6 Å². The second-order valence-electron chi connectivity index (χ2n) is 5.27. The summed E-state index contributed by atoms with van der Waals surface area (Å²) in [6.45, 7) is 2.81. The van der Waals surface area contributed by atoms with Gasteiger partial charge in [0.15, 0.2) is 0 Å². The largest absolute Gasteiger partial charge is 0.333 e. The zero-order valence-corrected chi connectivity index (χ0v) is 14.1. The van der Waals surface area contributed by atoms with Crippen LogP contribution in [0.3, 0.4) is 0 Å². The highest BCUT2D eigenvalue weighted by molar-refractivity contribution is 6.30. The molecule has 1 N–H and O–H groups in total. The summed E-state index contributed by atoms with van der Waals surface area (Å²) in [7, 11) is 0. The monoisotopic (exact) mass is 355 g/mol. The van der Waals surface area contributed by atoms with Crippen molar-refractivity contribution in [3.8, 4) is 0 Å². The molecule has 1 fully saturated rings. The summed E-state index contributed by atoms with van der Waals surface area (Å²) >= 11 is 6.08. The van der Waals surface area contributed by atoms with Crippen molar-refractivity contribution in [2.75, 3.05) is 19.6 Å². The van der Waals surface area contributed by atoms with Gasteiger partial charge in [0.2, 0.25) is 5.91 Å². The Labute approximate surface area is 146 Å². The van der Waals surface area contributed by atoms with Crippen molar-refractivity contribution in [2.45, 2.75) is 19.0 Å². The summed E-state index contributed by atoms with van der Waals surface area (Å²) in [5.74, 6) is 0.127. The topological polar surface area (TPSA) is 63.1 Å². The number of aryl methyl sites for hydroxylation is 1. The quantitative estimate of drug-likeness (QED) is 0.909. The van der Waals surface area contributed by atoms with Crippen LogP contribution in [0.1, 0.15) is 18.0 Å². The molecule has 1 aromatic carbocycles. The number of carbonyl (C=O) groups excluding carboxylic acids is 1. The molecule has 1 aromatic heterocycles. The van der Waals surface area contributed by atoms with Crippen molar-refractivity contribution >= 4 is 29.9 Å². The van der Waals surface area contributed by atoms with Gasteiger partial charge in [0, 0.05) is 31.1 Å². The Morgan fingerprint density at radius 3 is 3.04 bits per heavy atom. The van der Waals surface area contributed by atoms with E-state index in [1.54, 1.807) is 11.0 Å². The Hall–Kier alpha value is -1.63. The zero-order valence-electron chi connectivity index (χ0n) is 12.6. The van der Waals surface area contributed by atoms with E-state index in [0.29, 0.717) is 24.5 Å². The number of aromatic nitrogens is 3. The molecule has 3 rings (SSSR count). The number of nitrogens with one attached hydrogen (secondary N) is 1. The Bertz CT molecular complexity index is 635. The van der Waals surface area contributed by atoms with Crippen LogP contribution in [0, 0.1) is 0 Å². The van der Waals surface area contributed by atoms with Gasteiger partial charge in [-0.25, -0.2) is 4.98 Å². The molecule has 0 aliphatic carbocycles. The van der Waals surface area contributed by atoms with Gasteiger partial charge < -0.3 is 10.2 Å². The highest BCUT2D eigenvalue weighted by Crippen LogP contribution is 2.25. The lowest BCUT2D eigenvalue weighted by Crippen LogP contribution is -2.48. The molecular weight excluding hydrogens is 337 g/mol. The Balaban J connectivity index is 0.00000192. The molecule has 1 aliphatic rings. The summed E-state index contributed by atoms with van der Waals surface area (Å²) in [5.41, 5.74) is 1.06. The second kappa shape index (κ2) is 8.29. The van der Waals surface area contributed by atoms with E-state index in [9.17, 15) is 4.79 Å². The maximum atomic E-state index is 12.6. The molecule has 0 spiro atoms. The van der Waals surface area contributed by atoms with Gasteiger partial charge in [0.1, 0.15) is 12.7 Å². The lowest BCUT2D eigenvalue weighted by atomic mass is 10.0. The normalized spacial score (nSPS) is 17.6. The van der Waals surface area contributed by atoms with Gasteiger partial charge in [-0.3, -0.25) is 9.48 Å². The van der Waals surface area contributed by atoms with E-state index in [-0.39, 0.29) is 24.4 Å². The van der Waals surface area contributed by atoms with Gasteiger partial charge in [-0.2, -0.15) is 5.10 Å². The third-order valence-electron chi connectivity index (χ3n) is 3.82. The molecule has 1 aliphatic heterocycles. The molecule has 124 valence electrons. The summed E-state index contributed by atoms with van der Waals surface area (Å²) in [4.78, 5) is 18.4. The highest BCUT2D eigenvalue weighted by Gasteiger charge is 2.27. The molecule has 0 radical (unpaired) electrons. The average molecular weight is 356 g/mol. The van der Waals surface area contributed by atoms with Crippen LogP contribution in [0.15, 0.2) is 36.9 Å². The smallest absolute Gasteiger partial charge is 0.225 e. The van der Waals surface area contributed by atoms with Crippen LogP contribution >= 0.6 is 24.0 Å². The van der Waals surface area contributed by atoms with Crippen molar-refractivity contribution in [3.05, 3.63) is 47.5 Å². The minimum Gasteiger partial charge on any atom is -0.333 e. The molecule has 6 nitrogen and oxygen atoms in total. The van der Waals surface area contributed by atoms with Crippen LogP contribution in [0.4, 0.5) is 0 Å². The van der Waals surface area contributed by atoms with Gasteiger partial charge in [-0.05, 0) is 17.7 Å². The van der Waals surface area contributed by atoms with Gasteiger partial charge in [0.25, 0.3) is 0 Å². The first-order chi connectivity index (χ1) is 10.7. The van der Waals surface area contributed by atoms with E-state index >= 15 is 0 Å². The summed E-state index contributed by atoms with van der Waals surface area (Å²) < 4.78 is 1.68. The van der Waals surface area contributed by atoms with Crippen molar-refractivity contribution in [1.82, 2.24) is 25.0 Å². The molecule has 1 amide bonds. The van der Waals surface area contributed by atoms with Crippen LogP contribution in [-0.2, 0) is 11.3 Å². The van der Waals surface area contributed by atoms with Crippen molar-refractivity contribution in [2.24, 2.45) is 0 Å². The lowest BCUT2D eigenvalue weighted by molar-refractivity contribution is -0.134. The molecule has 1 atom stereocenters. The minimum absolute atomic E-state index is 0. The van der Waals surface area contributed by atoms with Crippen LogP contribution in [0.2, 0.25) is 5.02 Å². The Kier molecular flexibility index (Phi) is 6.38. The van der Waals surface area contributed by atoms with Gasteiger partial charge in [-0.1, -0.05) is 23.7 Å². The predicted molar refractivity (Wildman–Crippen MR) is 90.7 cm³/mol. The Morgan fingerprint density at radius 1 is 1.43 bits per heavy atom. The summed E-state index contributed by atoms with van der Waals surface area (Å²) in [5, 5.41) is 8.06. The fourth-order valence-corrected chi connectivity index (χ4v) is 2.92. The summed E-state index contributed by atoms with van der Waals surface area (Å²) in [6.07, 6.45) is 3.52. The minimum atomic E-state index is 0. The zero-order chi connectivity index (χ0) is 15.4. The van der Waals surface area contributed by atoms with E-state index in [0.717, 1.165) is 18.7 Å². The van der Waals surface area contributed by atoms with E-state index in [1.807, 2.05) is 29.2 Å². The number of hydrogen-bond donors (Lipinski definition) is 1. The van der Waals surface area contributed by atoms with E-state index in [1.165, 1.54) is 6.33 Å². The first-order valence-electron chi connectivity index (χ1n) is 7.32. The predicted octanol–water partition coefficient (Wildman–Crippen LogP) is 1.92. The number of benzene rings is 1. The third kappa shape index (κ3) is 4.43. The number of hydrogen-bond acceptors (Lipinski definition) is 4. The van der Waals surface area contributed by atoms with Crippen LogP contribution in [0.5, 0.6) is 0 Å². The molecule has 2 heterocycles. The number of carbonyl (C=O) groups is 1. The van der Waals surface area contributed by atoms with E-state index < -0.39 is 0 Å². The van der Waals surface area contributed by atoms with Gasteiger partial charge >= 0.3 is 0 Å². The van der Waals surface area contributed by atoms with Crippen LogP contribution < -0.4 is 5.32 Å². The molecule has 0 bridgehead atoms. The number of rotatable bonds is 4. The average Bonchev–Trinajstić information content (AvgIpc) is 3.06. The van der Waals surface area contributed by atoms with Crippen molar-refractivity contribution in [1.29, 1.82) is 0 Å². The third-order valence-corrected chi connectivity index (χ3v) is 4.05. The standard InChI is InChI=1S/C15H18ClN5O.ClH/c16-13-3-1-2-12(8-13)14-9-17-5-7-21(14)15(22)4-6-20-11-18-10-19-20;/h1-3,8,10-11,14,17H,4-7,9H2;1H.